The van der Waals surface area contributed by atoms with E-state index in [1.54, 1.807) is 11.0 Å². The van der Waals surface area contributed by atoms with Gasteiger partial charge in [0.2, 0.25) is 0 Å². The molecule has 1 aromatic carbocycles. The zero-order valence-electron chi connectivity index (χ0n) is 16.6. The Kier molecular flexibility index (Phi) is 5.05. The third-order valence-corrected chi connectivity index (χ3v) is 5.44. The normalized spacial score (nSPS) is 17.1. The maximum Gasteiger partial charge on any atom is 0.354 e. The fraction of sp³-hybridized carbons (Fsp3) is 0.364. The van der Waals surface area contributed by atoms with Crippen LogP contribution >= 0.6 is 0 Å². The molecule has 1 aliphatic rings. The molecule has 4 rings (SSSR count). The number of amides is 1. The number of carbonyl (C=O) groups excluding carboxylic acids is 1. The summed E-state index contributed by atoms with van der Waals surface area (Å²) in [5.74, 6) is -0.142. The van der Waals surface area contributed by atoms with Crippen LogP contribution in [0.4, 0.5) is 0 Å². The second kappa shape index (κ2) is 7.66. The minimum absolute atomic E-state index is 0.119. The predicted molar refractivity (Wildman–Crippen MR) is 109 cm³/mol. The average molecular weight is 392 g/mol. The lowest BCUT2D eigenvalue weighted by molar-refractivity contribution is 0.0690. The van der Waals surface area contributed by atoms with Crippen molar-refractivity contribution in [2.45, 2.75) is 38.6 Å². The van der Waals surface area contributed by atoms with Crippen LogP contribution in [0.15, 0.2) is 42.6 Å². The summed E-state index contributed by atoms with van der Waals surface area (Å²) >= 11 is 0. The van der Waals surface area contributed by atoms with E-state index in [2.05, 4.69) is 29.5 Å². The first-order valence-corrected chi connectivity index (χ1v) is 9.91. The molecule has 0 bridgehead atoms. The number of hydrogen-bond acceptors (Lipinski definition) is 4. The van der Waals surface area contributed by atoms with Crippen LogP contribution in [0.1, 0.15) is 65.3 Å². The third-order valence-electron chi connectivity index (χ3n) is 5.44. The fourth-order valence-electron chi connectivity index (χ4n) is 4.13. The van der Waals surface area contributed by atoms with Gasteiger partial charge in [-0.15, -0.1) is 0 Å². The van der Waals surface area contributed by atoms with Crippen molar-refractivity contribution >= 4 is 22.9 Å². The number of carboxylic acids is 1. The first kappa shape index (κ1) is 19.1. The molecule has 0 aliphatic carbocycles. The molecule has 7 nitrogen and oxygen atoms in total. The van der Waals surface area contributed by atoms with Crippen LogP contribution in [0.2, 0.25) is 0 Å². The lowest BCUT2D eigenvalue weighted by atomic mass is 9.96. The van der Waals surface area contributed by atoms with Gasteiger partial charge in [0.25, 0.3) is 5.91 Å². The third kappa shape index (κ3) is 3.60. The molecule has 150 valence electrons. The Bertz CT molecular complexity index is 1070. The molecule has 1 aliphatic heterocycles. The van der Waals surface area contributed by atoms with Gasteiger partial charge in [-0.2, -0.15) is 0 Å². The molecular weight excluding hydrogens is 368 g/mol. The number of rotatable bonds is 4. The van der Waals surface area contributed by atoms with Crippen molar-refractivity contribution in [1.82, 2.24) is 19.4 Å². The number of nitrogens with zero attached hydrogens (tertiary/aromatic N) is 4. The number of aromatic carboxylic acids is 1. The number of likely N-dealkylation sites (tertiary alicyclic amines) is 1. The number of piperidine rings is 1. The van der Waals surface area contributed by atoms with E-state index in [0.717, 1.165) is 29.7 Å². The van der Waals surface area contributed by atoms with Crippen molar-refractivity contribution < 1.29 is 14.7 Å². The SMILES string of the molecule is CC(C)n1c(C2CCCN(C(=O)c3ccnc(C(=O)O)c3)C2)nc2ccccc21. The minimum Gasteiger partial charge on any atom is -0.477 e. The van der Waals surface area contributed by atoms with Crippen LogP contribution in [-0.2, 0) is 0 Å². The van der Waals surface area contributed by atoms with Gasteiger partial charge < -0.3 is 14.6 Å². The van der Waals surface area contributed by atoms with Crippen LogP contribution in [-0.4, -0.2) is 49.5 Å². The molecule has 0 spiro atoms. The average Bonchev–Trinajstić information content (AvgIpc) is 3.13. The summed E-state index contributed by atoms with van der Waals surface area (Å²) in [5.41, 5.74) is 2.32. The summed E-state index contributed by atoms with van der Waals surface area (Å²) in [6.45, 7) is 5.52. The maximum absolute atomic E-state index is 13.0. The highest BCUT2D eigenvalue weighted by Gasteiger charge is 2.30. The van der Waals surface area contributed by atoms with E-state index in [1.807, 2.05) is 18.2 Å². The molecule has 0 saturated carbocycles. The number of carbonyl (C=O) groups is 2. The molecule has 29 heavy (non-hydrogen) atoms. The summed E-state index contributed by atoms with van der Waals surface area (Å²) in [7, 11) is 0. The summed E-state index contributed by atoms with van der Waals surface area (Å²) in [5, 5.41) is 9.15. The minimum atomic E-state index is -1.14. The Morgan fingerprint density at radius 2 is 2.00 bits per heavy atom. The molecule has 0 radical (unpaired) electrons. The van der Waals surface area contributed by atoms with Gasteiger partial charge in [-0.25, -0.2) is 14.8 Å². The van der Waals surface area contributed by atoms with E-state index in [1.165, 1.54) is 12.3 Å². The van der Waals surface area contributed by atoms with Crippen LogP contribution in [0.3, 0.4) is 0 Å². The Morgan fingerprint density at radius 1 is 1.21 bits per heavy atom. The number of aromatic nitrogens is 3. The van der Waals surface area contributed by atoms with Crippen molar-refractivity contribution in [3.63, 3.8) is 0 Å². The number of benzene rings is 1. The van der Waals surface area contributed by atoms with Crippen LogP contribution in [0.5, 0.6) is 0 Å². The highest BCUT2D eigenvalue weighted by Crippen LogP contribution is 2.32. The maximum atomic E-state index is 13.0. The van der Waals surface area contributed by atoms with E-state index in [-0.39, 0.29) is 23.6 Å². The second-order valence-corrected chi connectivity index (χ2v) is 7.75. The lowest BCUT2D eigenvalue weighted by Gasteiger charge is -2.33. The molecule has 3 aromatic rings. The summed E-state index contributed by atoms with van der Waals surface area (Å²) in [4.78, 5) is 34.7. The number of imidazole rings is 1. The monoisotopic (exact) mass is 392 g/mol. The summed E-state index contributed by atoms with van der Waals surface area (Å²) in [6.07, 6.45) is 3.22. The molecule has 1 fully saturated rings. The number of pyridine rings is 1. The lowest BCUT2D eigenvalue weighted by Crippen LogP contribution is -2.40. The summed E-state index contributed by atoms with van der Waals surface area (Å²) < 4.78 is 2.27. The molecular formula is C22H24N4O3. The topological polar surface area (TPSA) is 88.3 Å². The first-order chi connectivity index (χ1) is 14.0. The Morgan fingerprint density at radius 3 is 2.76 bits per heavy atom. The zero-order valence-corrected chi connectivity index (χ0v) is 16.6. The first-order valence-electron chi connectivity index (χ1n) is 9.91. The molecule has 7 heteroatoms. The van der Waals surface area contributed by atoms with Crippen molar-refractivity contribution in [2.75, 3.05) is 13.1 Å². The smallest absolute Gasteiger partial charge is 0.354 e. The molecule has 1 saturated heterocycles. The van der Waals surface area contributed by atoms with Gasteiger partial charge in [0.15, 0.2) is 0 Å². The molecule has 1 atom stereocenters. The van der Waals surface area contributed by atoms with E-state index < -0.39 is 5.97 Å². The fourth-order valence-corrected chi connectivity index (χ4v) is 4.13. The van der Waals surface area contributed by atoms with Gasteiger partial charge in [0.05, 0.1) is 11.0 Å². The Hall–Kier alpha value is -3.22. The van der Waals surface area contributed by atoms with Gasteiger partial charge in [-0.1, -0.05) is 12.1 Å². The van der Waals surface area contributed by atoms with Crippen molar-refractivity contribution in [1.29, 1.82) is 0 Å². The quantitative estimate of drug-likeness (QED) is 0.731. The van der Waals surface area contributed by atoms with Crippen molar-refractivity contribution in [3.05, 3.63) is 59.7 Å². The van der Waals surface area contributed by atoms with E-state index in [4.69, 9.17) is 10.1 Å². The molecule has 3 heterocycles. The number of hydrogen-bond donors (Lipinski definition) is 1. The molecule has 2 aromatic heterocycles. The standard InChI is InChI=1S/C22H24N4O3/c1-14(2)26-19-8-4-3-7-17(19)24-20(26)16-6-5-11-25(13-16)21(27)15-9-10-23-18(12-15)22(28)29/h3-4,7-10,12,14,16H,5-6,11,13H2,1-2H3,(H,28,29). The summed E-state index contributed by atoms with van der Waals surface area (Å²) in [6, 6.07) is 11.3. The van der Waals surface area contributed by atoms with Gasteiger partial charge >= 0.3 is 5.97 Å². The molecule has 1 N–H and O–H groups in total. The van der Waals surface area contributed by atoms with Crippen LogP contribution < -0.4 is 0 Å². The van der Waals surface area contributed by atoms with Gasteiger partial charge in [-0.3, -0.25) is 4.79 Å². The zero-order chi connectivity index (χ0) is 20.5. The van der Waals surface area contributed by atoms with Crippen molar-refractivity contribution in [3.8, 4) is 0 Å². The Labute approximate surface area is 169 Å². The van der Waals surface area contributed by atoms with Gasteiger partial charge in [-0.05, 0) is 51.0 Å². The number of carboxylic acid groups (broad SMARTS) is 1. The van der Waals surface area contributed by atoms with Gasteiger partial charge in [0, 0.05) is 36.8 Å². The van der Waals surface area contributed by atoms with E-state index >= 15 is 0 Å². The second-order valence-electron chi connectivity index (χ2n) is 7.75. The van der Waals surface area contributed by atoms with E-state index in [9.17, 15) is 9.59 Å². The van der Waals surface area contributed by atoms with E-state index in [0.29, 0.717) is 18.7 Å². The largest absolute Gasteiger partial charge is 0.477 e. The molecule has 1 amide bonds. The highest BCUT2D eigenvalue weighted by atomic mass is 16.4. The highest BCUT2D eigenvalue weighted by molar-refractivity contribution is 5.96. The van der Waals surface area contributed by atoms with Crippen LogP contribution in [0, 0.1) is 0 Å². The number of fused-ring (bicyclic) bond motifs is 1. The number of para-hydroxylation sites is 2. The Balaban J connectivity index is 1.63. The van der Waals surface area contributed by atoms with Crippen molar-refractivity contribution in [2.24, 2.45) is 0 Å². The van der Waals surface area contributed by atoms with Gasteiger partial charge in [0.1, 0.15) is 11.5 Å². The molecule has 1 unspecified atom stereocenters. The van der Waals surface area contributed by atoms with Crippen LogP contribution in [0.25, 0.3) is 11.0 Å². The predicted octanol–water partition coefficient (Wildman–Crippen LogP) is 3.73.